The quantitative estimate of drug-likeness (QED) is 0.393. The van der Waals surface area contributed by atoms with E-state index < -0.39 is 10.2 Å². The lowest BCUT2D eigenvalue weighted by atomic mass is 10.1. The van der Waals surface area contributed by atoms with E-state index in [4.69, 9.17) is 11.6 Å². The third-order valence-corrected chi connectivity index (χ3v) is 4.49. The zero-order valence-electron chi connectivity index (χ0n) is 10.6. The van der Waals surface area contributed by atoms with Crippen LogP contribution in [0.2, 0.25) is 0 Å². The molecule has 4 nitrogen and oxygen atoms in total. The summed E-state index contributed by atoms with van der Waals surface area (Å²) < 4.78 is 0. The number of rotatable bonds is 2. The highest BCUT2D eigenvalue weighted by Gasteiger charge is 2.15. The van der Waals surface area contributed by atoms with E-state index in [9.17, 15) is 14.9 Å². The van der Waals surface area contributed by atoms with Crippen molar-refractivity contribution in [3.05, 3.63) is 63.2 Å². The molecule has 3 rings (SSSR count). The van der Waals surface area contributed by atoms with E-state index in [1.54, 1.807) is 24.3 Å². The summed E-state index contributed by atoms with van der Waals surface area (Å²) in [6, 6.07) is 9.94. The smallest absolute Gasteiger partial charge is 0.270 e. The lowest BCUT2D eigenvalue weighted by Gasteiger charge is -2.06. The molecule has 6 heteroatoms. The summed E-state index contributed by atoms with van der Waals surface area (Å²) in [7, 11) is 0. The molecule has 0 radical (unpaired) electrons. The minimum Gasteiger partial charge on any atom is -0.276 e. The van der Waals surface area contributed by atoms with Gasteiger partial charge in [0, 0.05) is 27.5 Å². The molecule has 0 aliphatic carbocycles. The molecular weight excluding hydrogens is 310 g/mol. The molecule has 0 fully saturated rings. The van der Waals surface area contributed by atoms with E-state index in [-0.39, 0.29) is 5.69 Å². The first kappa shape index (κ1) is 13.9. The normalized spacial score (nSPS) is 12.2. The van der Waals surface area contributed by atoms with E-state index in [0.717, 1.165) is 20.9 Å². The van der Waals surface area contributed by atoms with Crippen LogP contribution in [0.4, 0.5) is 5.69 Å². The first-order chi connectivity index (χ1) is 10.0. The summed E-state index contributed by atoms with van der Waals surface area (Å²) in [5, 5.41) is 10.3. The SMILES string of the molecule is O=C(Cl)c1ccc2c(c1)Sc1ccc([N+](=O)[O-])cc1C=C2. The molecule has 0 saturated heterocycles. The molecule has 0 atom stereocenters. The van der Waals surface area contributed by atoms with Gasteiger partial charge in [0.05, 0.1) is 4.92 Å². The molecule has 1 heterocycles. The summed E-state index contributed by atoms with van der Waals surface area (Å²) in [4.78, 5) is 23.5. The van der Waals surface area contributed by atoms with Crippen LogP contribution >= 0.6 is 23.4 Å². The summed E-state index contributed by atoms with van der Waals surface area (Å²) in [6.07, 6.45) is 3.71. The van der Waals surface area contributed by atoms with Crippen LogP contribution in [0, 0.1) is 10.1 Å². The van der Waals surface area contributed by atoms with E-state index in [1.807, 2.05) is 18.2 Å². The van der Waals surface area contributed by atoms with Gasteiger partial charge in [-0.15, -0.1) is 0 Å². The Hall–Kier alpha value is -2.11. The van der Waals surface area contributed by atoms with Gasteiger partial charge in [-0.25, -0.2) is 0 Å². The second-order valence-electron chi connectivity index (χ2n) is 4.44. The van der Waals surface area contributed by atoms with Crippen molar-refractivity contribution in [1.82, 2.24) is 0 Å². The van der Waals surface area contributed by atoms with Crippen molar-refractivity contribution in [2.45, 2.75) is 9.79 Å². The number of non-ortho nitro benzene ring substituents is 1. The maximum Gasteiger partial charge on any atom is 0.270 e. The monoisotopic (exact) mass is 317 g/mol. The van der Waals surface area contributed by atoms with Gasteiger partial charge in [0.2, 0.25) is 0 Å². The molecule has 1 aliphatic heterocycles. The number of halogens is 1. The lowest BCUT2D eigenvalue weighted by molar-refractivity contribution is -0.384. The highest BCUT2D eigenvalue weighted by molar-refractivity contribution is 7.99. The van der Waals surface area contributed by atoms with Gasteiger partial charge in [-0.3, -0.25) is 14.9 Å². The largest absolute Gasteiger partial charge is 0.276 e. The third kappa shape index (κ3) is 2.70. The van der Waals surface area contributed by atoms with Crippen molar-refractivity contribution < 1.29 is 9.72 Å². The van der Waals surface area contributed by atoms with E-state index >= 15 is 0 Å². The van der Waals surface area contributed by atoms with Crippen LogP contribution in [0.3, 0.4) is 0 Å². The van der Waals surface area contributed by atoms with Crippen LogP contribution in [0.5, 0.6) is 0 Å². The standard InChI is InChI=1S/C15H8ClNO3S/c16-15(18)11-4-2-9-1-3-10-7-12(17(19)20)5-6-13(10)21-14(9)8-11/h1-8H. The maximum absolute atomic E-state index is 11.2. The highest BCUT2D eigenvalue weighted by Crippen LogP contribution is 2.39. The molecular formula is C15H8ClNO3S. The van der Waals surface area contributed by atoms with Crippen LogP contribution in [0.15, 0.2) is 46.2 Å². The van der Waals surface area contributed by atoms with Crippen molar-refractivity contribution >= 4 is 46.4 Å². The van der Waals surface area contributed by atoms with Gasteiger partial charge >= 0.3 is 0 Å². The van der Waals surface area contributed by atoms with Crippen LogP contribution in [0.1, 0.15) is 21.5 Å². The topological polar surface area (TPSA) is 60.2 Å². The predicted octanol–water partition coefficient (Wildman–Crippen LogP) is 4.61. The number of hydrogen-bond donors (Lipinski definition) is 0. The molecule has 2 aromatic carbocycles. The Labute approximate surface area is 129 Å². The minimum atomic E-state index is -0.504. The molecule has 0 amide bonds. The summed E-state index contributed by atoms with van der Waals surface area (Å²) in [6.45, 7) is 0. The zero-order chi connectivity index (χ0) is 15.0. The molecule has 0 saturated carbocycles. The van der Waals surface area contributed by atoms with Gasteiger partial charge in [0.25, 0.3) is 10.9 Å². The van der Waals surface area contributed by atoms with Crippen molar-refractivity contribution in [2.24, 2.45) is 0 Å². The number of nitrogens with zero attached hydrogens (tertiary/aromatic N) is 1. The van der Waals surface area contributed by atoms with E-state index in [1.165, 1.54) is 17.8 Å². The van der Waals surface area contributed by atoms with Gasteiger partial charge < -0.3 is 0 Å². The molecule has 0 bridgehead atoms. The second-order valence-corrected chi connectivity index (χ2v) is 5.87. The Balaban J connectivity index is 2.08. The number of nitro groups is 1. The van der Waals surface area contributed by atoms with E-state index in [2.05, 4.69) is 0 Å². The minimum absolute atomic E-state index is 0.0570. The molecule has 104 valence electrons. The van der Waals surface area contributed by atoms with Gasteiger partial charge in [-0.05, 0) is 40.9 Å². The molecule has 0 N–H and O–H groups in total. The molecule has 0 unspecified atom stereocenters. The lowest BCUT2D eigenvalue weighted by Crippen LogP contribution is -1.91. The van der Waals surface area contributed by atoms with Crippen molar-refractivity contribution in [1.29, 1.82) is 0 Å². The number of benzene rings is 2. The maximum atomic E-state index is 11.2. The second kappa shape index (κ2) is 5.35. The summed E-state index contributed by atoms with van der Waals surface area (Å²) in [5.41, 5.74) is 2.22. The van der Waals surface area contributed by atoms with Crippen molar-refractivity contribution in [2.75, 3.05) is 0 Å². The average molecular weight is 318 g/mol. The van der Waals surface area contributed by atoms with Gasteiger partial charge in [0.1, 0.15) is 0 Å². The van der Waals surface area contributed by atoms with E-state index in [0.29, 0.717) is 5.56 Å². The Kier molecular flexibility index (Phi) is 3.53. The van der Waals surface area contributed by atoms with Crippen LogP contribution in [0.25, 0.3) is 12.2 Å². The van der Waals surface area contributed by atoms with Crippen molar-refractivity contribution in [3.63, 3.8) is 0 Å². The van der Waals surface area contributed by atoms with Crippen molar-refractivity contribution in [3.8, 4) is 0 Å². The average Bonchev–Trinajstić information content (AvgIpc) is 2.64. The molecule has 2 aromatic rings. The Morgan fingerprint density at radius 2 is 1.81 bits per heavy atom. The fourth-order valence-electron chi connectivity index (χ4n) is 2.05. The number of carbonyl (C=O) groups is 1. The molecule has 1 aliphatic rings. The number of fused-ring (bicyclic) bond motifs is 2. The number of hydrogen-bond acceptors (Lipinski definition) is 4. The Morgan fingerprint density at radius 3 is 2.52 bits per heavy atom. The molecule has 21 heavy (non-hydrogen) atoms. The molecule has 0 aromatic heterocycles. The first-order valence-corrected chi connectivity index (χ1v) is 7.22. The summed E-state index contributed by atoms with van der Waals surface area (Å²) in [5.74, 6) is 0. The fourth-order valence-corrected chi connectivity index (χ4v) is 3.23. The zero-order valence-corrected chi connectivity index (χ0v) is 12.1. The Morgan fingerprint density at radius 1 is 1.05 bits per heavy atom. The number of nitro benzene ring substituents is 1. The Bertz CT molecular complexity index is 802. The highest BCUT2D eigenvalue weighted by atomic mass is 35.5. The van der Waals surface area contributed by atoms with Crippen LogP contribution < -0.4 is 0 Å². The number of carbonyl (C=O) groups excluding carboxylic acids is 1. The molecule has 0 spiro atoms. The van der Waals surface area contributed by atoms with Gasteiger partial charge in [-0.1, -0.05) is 30.0 Å². The summed E-state index contributed by atoms with van der Waals surface area (Å²) >= 11 is 6.96. The van der Waals surface area contributed by atoms with Crippen LogP contribution in [-0.4, -0.2) is 10.2 Å². The predicted molar refractivity (Wildman–Crippen MR) is 82.8 cm³/mol. The van der Waals surface area contributed by atoms with Gasteiger partial charge in [-0.2, -0.15) is 0 Å². The fraction of sp³-hybridized carbons (Fsp3) is 0. The van der Waals surface area contributed by atoms with Gasteiger partial charge in [0.15, 0.2) is 0 Å². The third-order valence-electron chi connectivity index (χ3n) is 3.11. The van der Waals surface area contributed by atoms with Crippen LogP contribution in [-0.2, 0) is 0 Å². The first-order valence-electron chi connectivity index (χ1n) is 6.03.